The van der Waals surface area contributed by atoms with E-state index in [0.717, 1.165) is 20.8 Å². The zero-order valence-corrected chi connectivity index (χ0v) is 14.7. The van der Waals surface area contributed by atoms with Gasteiger partial charge in [-0.25, -0.2) is 0 Å². The normalized spacial score (nSPS) is 8.30. The van der Waals surface area contributed by atoms with Crippen LogP contribution in [0.2, 0.25) is 0 Å². The number of carbonyl (C=O) groups excluding carboxylic acids is 4. The molecule has 0 heterocycles. The average Bonchev–Trinajstić information content (AvgIpc) is 2.13. The maximum atomic E-state index is 10.4. The first kappa shape index (κ1) is 24.0. The van der Waals surface area contributed by atoms with E-state index in [1.165, 1.54) is 6.92 Å². The molecule has 0 fully saturated rings. The van der Waals surface area contributed by atoms with Crippen molar-refractivity contribution < 1.29 is 67.4 Å². The fourth-order valence-electron chi connectivity index (χ4n) is 0.790. The van der Waals surface area contributed by atoms with Crippen LogP contribution in [0.5, 0.6) is 0 Å². The third kappa shape index (κ3) is 22.2. The fraction of sp³-hybridized carbons (Fsp3) is 0.600. The predicted octanol–water partition coefficient (Wildman–Crippen LogP) is -3.03. The Labute approximate surface area is 139 Å². The molecule has 0 aromatic rings. The molecule has 8 nitrogen and oxygen atoms in total. The van der Waals surface area contributed by atoms with Gasteiger partial charge in [0.2, 0.25) is 0 Å². The zero-order valence-electron chi connectivity index (χ0n) is 12.7. The number of hydrogen-bond donors (Lipinski definition) is 0. The molecule has 0 atom stereocenters. The molecule has 110 valence electrons. The Morgan fingerprint density at radius 1 is 0.750 bits per heavy atom. The monoisotopic (exact) mass is 300 g/mol. The number of ether oxygens (including phenoxy) is 1. The van der Waals surface area contributed by atoms with Crippen LogP contribution in [0.3, 0.4) is 0 Å². The minimum Gasteiger partial charge on any atom is -0.625 e. The molecule has 0 amide bonds. The van der Waals surface area contributed by atoms with Gasteiger partial charge in [-0.2, -0.15) is 0 Å². The molecule has 0 unspecified atom stereocenters. The Morgan fingerprint density at radius 2 is 1.05 bits per heavy atom. The Kier molecular flexibility index (Phi) is 17.2. The van der Waals surface area contributed by atoms with E-state index in [0.29, 0.717) is 6.61 Å². The van der Waals surface area contributed by atoms with Crippen LogP contribution in [-0.4, -0.2) is 37.8 Å². The van der Waals surface area contributed by atoms with Crippen LogP contribution in [0.15, 0.2) is 0 Å². The maximum absolute atomic E-state index is 10.4. The number of esters is 1. The smallest absolute Gasteiger partial charge is 0.625 e. The average molecular weight is 300 g/mol. The number of rotatable bonds is 4. The van der Waals surface area contributed by atoms with E-state index in [9.17, 15) is 19.2 Å². The molecular weight excluding hydrogens is 282 g/mol. The second kappa shape index (κ2) is 14.4. The summed E-state index contributed by atoms with van der Waals surface area (Å²) in [6, 6.07) is 0. The first-order chi connectivity index (χ1) is 8.68. The summed E-state index contributed by atoms with van der Waals surface area (Å²) in [5, 5.41) is 0. The van der Waals surface area contributed by atoms with Gasteiger partial charge in [0.05, 0.1) is 6.61 Å². The van der Waals surface area contributed by atoms with Gasteiger partial charge in [0.15, 0.2) is 0 Å². The van der Waals surface area contributed by atoms with Crippen LogP contribution < -0.4 is 29.6 Å². The summed E-state index contributed by atoms with van der Waals surface area (Å²) in [5.74, 6) is -2.25. The van der Waals surface area contributed by atoms with Crippen LogP contribution in [0.1, 0.15) is 34.6 Å². The summed E-state index contributed by atoms with van der Waals surface area (Å²) in [6.07, 6.45) is 0. The third-order valence-corrected chi connectivity index (χ3v) is 1.31. The van der Waals surface area contributed by atoms with Crippen LogP contribution in [-0.2, 0) is 37.9 Å². The van der Waals surface area contributed by atoms with Crippen LogP contribution >= 0.6 is 0 Å². The van der Waals surface area contributed by atoms with Gasteiger partial charge in [-0.15, -0.1) is 0 Å². The van der Waals surface area contributed by atoms with E-state index in [4.69, 9.17) is 0 Å². The van der Waals surface area contributed by atoms with E-state index < -0.39 is 25.2 Å². The summed E-state index contributed by atoms with van der Waals surface area (Å²) >= 11 is 0. The fourth-order valence-corrected chi connectivity index (χ4v) is 0.790. The Hall–Kier alpha value is -1.06. The Bertz CT molecular complexity index is 295. The molecular formula is C10H18BNaO8. The minimum absolute atomic E-state index is 0. The number of hydrogen-bond acceptors (Lipinski definition) is 8. The topological polar surface area (TPSA) is 105 Å². The van der Waals surface area contributed by atoms with Gasteiger partial charge in [0, 0.05) is 27.7 Å². The Balaban J connectivity index is -0.000000352. The summed E-state index contributed by atoms with van der Waals surface area (Å²) in [6.45, 7) is 7.01. The molecule has 0 bridgehead atoms. The molecule has 0 N–H and O–H groups in total. The van der Waals surface area contributed by atoms with E-state index >= 15 is 0 Å². The molecule has 0 aliphatic rings. The maximum Gasteiger partial charge on any atom is 1.00 e. The molecule has 0 aliphatic heterocycles. The van der Waals surface area contributed by atoms with Crippen LogP contribution in [0.4, 0.5) is 0 Å². The molecule has 0 aromatic heterocycles. The molecule has 0 saturated carbocycles. The van der Waals surface area contributed by atoms with E-state index in [1.54, 1.807) is 6.92 Å². The van der Waals surface area contributed by atoms with Crippen molar-refractivity contribution in [3.05, 3.63) is 0 Å². The molecule has 0 spiro atoms. The first-order valence-electron chi connectivity index (χ1n) is 5.49. The molecule has 0 aliphatic carbocycles. The van der Waals surface area contributed by atoms with Gasteiger partial charge < -0.3 is 18.7 Å². The van der Waals surface area contributed by atoms with Crippen molar-refractivity contribution in [3.8, 4) is 0 Å². The quantitative estimate of drug-likeness (QED) is 0.399. The predicted molar refractivity (Wildman–Crippen MR) is 64.8 cm³/mol. The first-order valence-corrected chi connectivity index (χ1v) is 5.49. The molecule has 0 radical (unpaired) electrons. The van der Waals surface area contributed by atoms with E-state index in [-0.39, 0.29) is 35.5 Å². The second-order valence-electron chi connectivity index (χ2n) is 3.19. The molecule has 0 rings (SSSR count). The molecule has 10 heteroatoms. The summed E-state index contributed by atoms with van der Waals surface area (Å²) < 4.78 is 17.7. The van der Waals surface area contributed by atoms with Gasteiger partial charge in [-0.05, 0) is 6.92 Å². The number of carbonyl (C=O) groups is 4. The van der Waals surface area contributed by atoms with E-state index in [1.807, 2.05) is 0 Å². The van der Waals surface area contributed by atoms with Crippen molar-refractivity contribution in [2.45, 2.75) is 34.6 Å². The van der Waals surface area contributed by atoms with Crippen LogP contribution in [0.25, 0.3) is 0 Å². The summed E-state index contributed by atoms with van der Waals surface area (Å²) in [7, 11) is -2.41. The van der Waals surface area contributed by atoms with Gasteiger partial charge in [-0.1, -0.05) is 0 Å². The van der Waals surface area contributed by atoms with E-state index in [2.05, 4.69) is 18.7 Å². The summed E-state index contributed by atoms with van der Waals surface area (Å²) in [4.78, 5) is 41.1. The van der Waals surface area contributed by atoms with Gasteiger partial charge in [0.1, 0.15) is 0 Å². The molecule has 0 saturated heterocycles. The SMILES string of the molecule is CC(=O)O[BH-](OC(C)=O)OC(C)=O.CCOC(C)=O.[Na+]. The van der Waals surface area contributed by atoms with Crippen molar-refractivity contribution in [1.29, 1.82) is 0 Å². The standard InChI is InChI=1S/C6H10BO6.C4H8O2.Na/c1-4(8)11-7(12-5(2)9)13-6(3)10;1-3-6-4(2)5;/h7H,1-3H3;3H2,1-2H3;/q-1;;+1. The van der Waals surface area contributed by atoms with Gasteiger partial charge in [0.25, 0.3) is 17.9 Å². The zero-order chi connectivity index (χ0) is 15.4. The molecule has 0 aromatic carbocycles. The van der Waals surface area contributed by atoms with Crippen molar-refractivity contribution in [1.82, 2.24) is 0 Å². The van der Waals surface area contributed by atoms with Crippen LogP contribution in [0, 0.1) is 0 Å². The largest absolute Gasteiger partial charge is 1.00 e. The van der Waals surface area contributed by atoms with Crippen molar-refractivity contribution >= 4 is 31.2 Å². The second-order valence-corrected chi connectivity index (χ2v) is 3.19. The van der Waals surface area contributed by atoms with Crippen molar-refractivity contribution in [2.24, 2.45) is 0 Å². The van der Waals surface area contributed by atoms with Gasteiger partial charge in [-0.3, -0.25) is 19.2 Å². The van der Waals surface area contributed by atoms with Crippen molar-refractivity contribution in [2.75, 3.05) is 6.61 Å². The summed E-state index contributed by atoms with van der Waals surface area (Å²) in [5.41, 5.74) is 0. The Morgan fingerprint density at radius 3 is 1.15 bits per heavy atom. The molecule has 20 heavy (non-hydrogen) atoms. The van der Waals surface area contributed by atoms with Crippen molar-refractivity contribution in [3.63, 3.8) is 0 Å². The third-order valence-electron chi connectivity index (χ3n) is 1.31. The minimum atomic E-state index is -2.41. The van der Waals surface area contributed by atoms with Gasteiger partial charge >= 0.3 is 42.8 Å².